The van der Waals surface area contributed by atoms with E-state index in [2.05, 4.69) is 5.10 Å². The molecular formula is C14H19N3O3. The van der Waals surface area contributed by atoms with Crippen molar-refractivity contribution < 1.29 is 14.3 Å². The van der Waals surface area contributed by atoms with Gasteiger partial charge < -0.3 is 14.0 Å². The van der Waals surface area contributed by atoms with Crippen LogP contribution in [0.2, 0.25) is 0 Å². The summed E-state index contributed by atoms with van der Waals surface area (Å²) in [6.45, 7) is 2.26. The topological polar surface area (TPSA) is 58.3 Å². The lowest BCUT2D eigenvalue weighted by Crippen LogP contribution is -2.14. The number of carbonyl (C=O) groups excluding carboxylic acids is 1. The number of rotatable bonds is 6. The highest BCUT2D eigenvalue weighted by Gasteiger charge is 2.18. The van der Waals surface area contributed by atoms with E-state index in [-0.39, 0.29) is 12.1 Å². The fourth-order valence-corrected chi connectivity index (χ4v) is 1.87. The van der Waals surface area contributed by atoms with Crippen LogP contribution in [0, 0.1) is 0 Å². The molecule has 0 unspecified atom stereocenters. The van der Waals surface area contributed by atoms with Crippen LogP contribution in [0.15, 0.2) is 30.7 Å². The Morgan fingerprint density at radius 1 is 1.40 bits per heavy atom. The summed E-state index contributed by atoms with van der Waals surface area (Å²) < 4.78 is 13.9. The third kappa shape index (κ3) is 3.08. The van der Waals surface area contributed by atoms with Gasteiger partial charge in [0.1, 0.15) is 11.4 Å². The van der Waals surface area contributed by atoms with Crippen molar-refractivity contribution in [3.8, 4) is 5.82 Å². The molecule has 2 aromatic rings. The first-order chi connectivity index (χ1) is 9.63. The van der Waals surface area contributed by atoms with E-state index < -0.39 is 0 Å². The average Bonchev–Trinajstić information content (AvgIpc) is 3.07. The Balaban J connectivity index is 2.08. The van der Waals surface area contributed by atoms with Crippen molar-refractivity contribution in [3.05, 3.63) is 36.3 Å². The summed E-state index contributed by atoms with van der Waals surface area (Å²) in [6, 6.07) is 3.78. The van der Waals surface area contributed by atoms with E-state index in [1.165, 1.54) is 6.20 Å². The van der Waals surface area contributed by atoms with Gasteiger partial charge in [0.05, 0.1) is 18.9 Å². The van der Waals surface area contributed by atoms with Gasteiger partial charge in [-0.05, 0) is 19.1 Å². The number of hydrogen-bond donors (Lipinski definition) is 0. The van der Waals surface area contributed by atoms with Gasteiger partial charge in [-0.15, -0.1) is 0 Å². The van der Waals surface area contributed by atoms with E-state index in [0.29, 0.717) is 24.4 Å². The van der Waals surface area contributed by atoms with E-state index >= 15 is 0 Å². The zero-order chi connectivity index (χ0) is 14.5. The molecule has 0 N–H and O–H groups in total. The molecule has 0 saturated carbocycles. The molecule has 108 valence electrons. The average molecular weight is 277 g/mol. The van der Waals surface area contributed by atoms with Crippen molar-refractivity contribution in [1.29, 1.82) is 0 Å². The lowest BCUT2D eigenvalue weighted by Gasteiger charge is -2.10. The summed E-state index contributed by atoms with van der Waals surface area (Å²) >= 11 is 0. The van der Waals surface area contributed by atoms with Gasteiger partial charge in [-0.3, -0.25) is 4.68 Å². The van der Waals surface area contributed by atoms with Gasteiger partial charge in [-0.2, -0.15) is 5.10 Å². The van der Waals surface area contributed by atoms with Crippen LogP contribution >= 0.6 is 0 Å². The molecule has 0 radical (unpaired) electrons. The summed E-state index contributed by atoms with van der Waals surface area (Å²) in [5.41, 5.74) is 0.453. The molecule has 0 amide bonds. The Morgan fingerprint density at radius 2 is 2.10 bits per heavy atom. The molecule has 0 aliphatic carbocycles. The van der Waals surface area contributed by atoms with Crippen molar-refractivity contribution in [2.45, 2.75) is 19.4 Å². The molecular weight excluding hydrogens is 258 g/mol. The standard InChI is InChI=1S/C14H19N3O3/c1-11(19-3)6-9-20-14(18)12-10-15-16(2)13(12)17-7-4-5-8-17/h4-5,7-8,10-11H,6,9H2,1-3H3/t11-/m0/s1. The number of aromatic nitrogens is 3. The molecule has 0 spiro atoms. The second kappa shape index (κ2) is 6.38. The summed E-state index contributed by atoms with van der Waals surface area (Å²) in [6.07, 6.45) is 5.99. The molecule has 0 bridgehead atoms. The number of methoxy groups -OCH3 is 1. The minimum atomic E-state index is -0.370. The summed E-state index contributed by atoms with van der Waals surface area (Å²) in [4.78, 5) is 12.1. The number of ether oxygens (including phenoxy) is 2. The first kappa shape index (κ1) is 14.3. The number of hydrogen-bond acceptors (Lipinski definition) is 4. The maximum atomic E-state index is 12.1. The maximum Gasteiger partial charge on any atom is 0.343 e. The lowest BCUT2D eigenvalue weighted by atomic mass is 10.3. The quantitative estimate of drug-likeness (QED) is 0.755. The second-order valence-corrected chi connectivity index (χ2v) is 4.57. The highest BCUT2D eigenvalue weighted by Crippen LogP contribution is 2.15. The predicted octanol–water partition coefficient (Wildman–Crippen LogP) is 1.79. The minimum Gasteiger partial charge on any atom is -0.462 e. The van der Waals surface area contributed by atoms with Crippen LogP contribution < -0.4 is 0 Å². The van der Waals surface area contributed by atoms with Crippen molar-refractivity contribution in [1.82, 2.24) is 14.3 Å². The molecule has 0 aliphatic heterocycles. The third-order valence-corrected chi connectivity index (χ3v) is 3.14. The van der Waals surface area contributed by atoms with E-state index in [9.17, 15) is 4.79 Å². The molecule has 0 aliphatic rings. The Bertz CT molecular complexity index is 560. The van der Waals surface area contributed by atoms with Crippen LogP contribution in [-0.2, 0) is 16.5 Å². The van der Waals surface area contributed by atoms with Crippen LogP contribution in [0.3, 0.4) is 0 Å². The summed E-state index contributed by atoms with van der Waals surface area (Å²) in [7, 11) is 3.43. The maximum absolute atomic E-state index is 12.1. The highest BCUT2D eigenvalue weighted by molar-refractivity contribution is 5.92. The molecule has 2 heterocycles. The van der Waals surface area contributed by atoms with Crippen LogP contribution in [0.25, 0.3) is 5.82 Å². The molecule has 0 aromatic carbocycles. The largest absolute Gasteiger partial charge is 0.462 e. The van der Waals surface area contributed by atoms with Gasteiger partial charge in [-0.25, -0.2) is 4.79 Å². The third-order valence-electron chi connectivity index (χ3n) is 3.14. The Labute approximate surface area is 117 Å². The Kier molecular flexibility index (Phi) is 4.57. The van der Waals surface area contributed by atoms with Crippen molar-refractivity contribution in [2.24, 2.45) is 7.05 Å². The highest BCUT2D eigenvalue weighted by atomic mass is 16.5. The van der Waals surface area contributed by atoms with Gasteiger partial charge in [-0.1, -0.05) is 0 Å². The number of carbonyl (C=O) groups is 1. The molecule has 1 atom stereocenters. The van der Waals surface area contributed by atoms with Crippen LogP contribution in [0.4, 0.5) is 0 Å². The van der Waals surface area contributed by atoms with Gasteiger partial charge in [0.15, 0.2) is 0 Å². The van der Waals surface area contributed by atoms with E-state index in [4.69, 9.17) is 9.47 Å². The summed E-state index contributed by atoms with van der Waals surface area (Å²) in [5, 5.41) is 4.12. The first-order valence-electron chi connectivity index (χ1n) is 6.48. The molecule has 0 fully saturated rings. The van der Waals surface area contributed by atoms with Crippen LogP contribution in [-0.4, -0.2) is 40.1 Å². The first-order valence-corrected chi connectivity index (χ1v) is 6.48. The second-order valence-electron chi connectivity index (χ2n) is 4.57. The zero-order valence-electron chi connectivity index (χ0n) is 11.9. The molecule has 6 heteroatoms. The van der Waals surface area contributed by atoms with E-state index in [1.54, 1.807) is 18.8 Å². The van der Waals surface area contributed by atoms with Crippen molar-refractivity contribution in [2.75, 3.05) is 13.7 Å². The zero-order valence-corrected chi connectivity index (χ0v) is 11.9. The lowest BCUT2D eigenvalue weighted by molar-refractivity contribution is 0.0391. The van der Waals surface area contributed by atoms with Crippen LogP contribution in [0.1, 0.15) is 23.7 Å². The van der Waals surface area contributed by atoms with Gasteiger partial charge in [0.2, 0.25) is 0 Å². The van der Waals surface area contributed by atoms with E-state index in [0.717, 1.165) is 0 Å². The SMILES string of the molecule is CO[C@@H](C)CCOC(=O)c1cnn(C)c1-n1cccc1. The van der Waals surface area contributed by atoms with Crippen molar-refractivity contribution >= 4 is 5.97 Å². The fourth-order valence-electron chi connectivity index (χ4n) is 1.87. The van der Waals surface area contributed by atoms with Gasteiger partial charge in [0.25, 0.3) is 0 Å². The normalized spacial score (nSPS) is 12.3. The molecule has 0 saturated heterocycles. The molecule has 2 aromatic heterocycles. The minimum absolute atomic E-state index is 0.0700. The summed E-state index contributed by atoms with van der Waals surface area (Å²) in [5.74, 6) is 0.324. The predicted molar refractivity (Wildman–Crippen MR) is 73.9 cm³/mol. The van der Waals surface area contributed by atoms with Gasteiger partial charge in [0, 0.05) is 33.0 Å². The smallest absolute Gasteiger partial charge is 0.343 e. The van der Waals surface area contributed by atoms with E-state index in [1.807, 2.05) is 36.0 Å². The van der Waals surface area contributed by atoms with Crippen LogP contribution in [0.5, 0.6) is 0 Å². The Morgan fingerprint density at radius 3 is 2.75 bits per heavy atom. The number of nitrogens with zero attached hydrogens (tertiary/aromatic N) is 3. The molecule has 6 nitrogen and oxygen atoms in total. The monoisotopic (exact) mass is 277 g/mol. The Hall–Kier alpha value is -2.08. The van der Waals surface area contributed by atoms with Crippen molar-refractivity contribution in [3.63, 3.8) is 0 Å². The van der Waals surface area contributed by atoms with Gasteiger partial charge >= 0.3 is 5.97 Å². The number of aryl methyl sites for hydroxylation is 1. The number of esters is 1. The fraction of sp³-hybridized carbons (Fsp3) is 0.429. The molecule has 2 rings (SSSR count). The molecule has 20 heavy (non-hydrogen) atoms.